The number of rotatable bonds is 6. The van der Waals surface area contributed by atoms with Crippen LogP contribution in [0.4, 0.5) is 0 Å². The minimum atomic E-state index is -0.198. The smallest absolute Gasteiger partial charge is 0.122 e. The van der Waals surface area contributed by atoms with E-state index >= 15 is 0 Å². The molecule has 106 valence electrons. The number of para-hydroxylation sites is 1. The Labute approximate surface area is 114 Å². The number of aliphatic hydroxyl groups is 2. The van der Waals surface area contributed by atoms with Gasteiger partial charge in [0.1, 0.15) is 11.9 Å². The molecule has 1 aromatic carbocycles. The predicted molar refractivity (Wildman–Crippen MR) is 74.4 cm³/mol. The van der Waals surface area contributed by atoms with E-state index in [-0.39, 0.29) is 24.9 Å². The van der Waals surface area contributed by atoms with Crippen molar-refractivity contribution in [2.75, 3.05) is 20.3 Å². The maximum Gasteiger partial charge on any atom is 0.122 e. The Bertz CT molecular complexity index is 404. The molecule has 0 amide bonds. The Kier molecular flexibility index (Phi) is 4.80. The van der Waals surface area contributed by atoms with Crippen molar-refractivity contribution in [1.82, 2.24) is 5.32 Å². The van der Waals surface area contributed by atoms with E-state index in [0.717, 1.165) is 30.6 Å². The number of aliphatic hydroxyl groups excluding tert-OH is 2. The summed E-state index contributed by atoms with van der Waals surface area (Å²) < 4.78 is 6.06. The van der Waals surface area contributed by atoms with E-state index in [4.69, 9.17) is 9.84 Å². The number of benzene rings is 1. The summed E-state index contributed by atoms with van der Waals surface area (Å²) in [6.07, 6.45) is 3.41. The first-order valence-electron chi connectivity index (χ1n) is 6.88. The van der Waals surface area contributed by atoms with Gasteiger partial charge in [0.2, 0.25) is 0 Å². The molecule has 0 aromatic heterocycles. The van der Waals surface area contributed by atoms with Gasteiger partial charge in [-0.25, -0.2) is 0 Å². The second-order valence-corrected chi connectivity index (χ2v) is 5.25. The highest BCUT2D eigenvalue weighted by Crippen LogP contribution is 2.33. The highest BCUT2D eigenvalue weighted by atomic mass is 16.5. The van der Waals surface area contributed by atoms with Crippen LogP contribution < -0.4 is 10.1 Å². The molecule has 2 unspecified atom stereocenters. The molecule has 1 aliphatic carbocycles. The third-order valence-corrected chi connectivity index (χ3v) is 4.04. The lowest BCUT2D eigenvalue weighted by atomic mass is 9.99. The van der Waals surface area contributed by atoms with Crippen molar-refractivity contribution in [3.05, 3.63) is 29.8 Å². The quantitative estimate of drug-likeness (QED) is 0.721. The molecule has 19 heavy (non-hydrogen) atoms. The van der Waals surface area contributed by atoms with Crippen LogP contribution in [0.2, 0.25) is 0 Å². The van der Waals surface area contributed by atoms with Crippen molar-refractivity contribution in [3.63, 3.8) is 0 Å². The lowest BCUT2D eigenvalue weighted by Gasteiger charge is -2.26. The van der Waals surface area contributed by atoms with Gasteiger partial charge in [-0.2, -0.15) is 0 Å². The molecule has 1 fully saturated rings. The van der Waals surface area contributed by atoms with Crippen LogP contribution in [0.1, 0.15) is 24.8 Å². The minimum Gasteiger partial charge on any atom is -0.490 e. The van der Waals surface area contributed by atoms with Crippen LogP contribution in [-0.4, -0.2) is 42.1 Å². The van der Waals surface area contributed by atoms with E-state index < -0.39 is 0 Å². The maximum absolute atomic E-state index is 9.49. The molecule has 0 spiro atoms. The summed E-state index contributed by atoms with van der Waals surface area (Å²) in [6.45, 7) is 0.268. The van der Waals surface area contributed by atoms with Gasteiger partial charge in [0, 0.05) is 18.6 Å². The van der Waals surface area contributed by atoms with Crippen LogP contribution in [0.15, 0.2) is 24.3 Å². The van der Waals surface area contributed by atoms with Crippen molar-refractivity contribution in [1.29, 1.82) is 0 Å². The summed E-state index contributed by atoms with van der Waals surface area (Å²) in [7, 11) is 1.89. The minimum absolute atomic E-state index is 0.124. The topological polar surface area (TPSA) is 61.7 Å². The monoisotopic (exact) mass is 265 g/mol. The fraction of sp³-hybridized carbons (Fsp3) is 0.600. The molecule has 0 saturated heterocycles. The molecule has 2 rings (SSSR count). The molecule has 0 bridgehead atoms. The van der Waals surface area contributed by atoms with Gasteiger partial charge in [0.15, 0.2) is 0 Å². The van der Waals surface area contributed by atoms with E-state index in [0.29, 0.717) is 6.42 Å². The standard InChI is InChI=1S/C15H23NO3/c1-16-15(11-18)8-6-13(10-15)19-14-5-3-2-4-12(14)7-9-17/h2-5,13,16-18H,6-11H2,1H3. The summed E-state index contributed by atoms with van der Waals surface area (Å²) in [5, 5.41) is 21.8. The van der Waals surface area contributed by atoms with Gasteiger partial charge < -0.3 is 20.3 Å². The Morgan fingerprint density at radius 3 is 2.79 bits per heavy atom. The molecule has 0 radical (unpaired) electrons. The van der Waals surface area contributed by atoms with Crippen molar-refractivity contribution < 1.29 is 14.9 Å². The first kappa shape index (κ1) is 14.3. The van der Waals surface area contributed by atoms with E-state index in [2.05, 4.69) is 5.32 Å². The van der Waals surface area contributed by atoms with Gasteiger partial charge in [-0.1, -0.05) is 18.2 Å². The highest BCUT2D eigenvalue weighted by Gasteiger charge is 2.38. The SMILES string of the molecule is CNC1(CO)CCC(Oc2ccccc2CCO)C1. The van der Waals surface area contributed by atoms with Crippen molar-refractivity contribution >= 4 is 0 Å². The molecule has 1 saturated carbocycles. The molecule has 4 nitrogen and oxygen atoms in total. The lowest BCUT2D eigenvalue weighted by molar-refractivity contribution is 0.146. The zero-order valence-corrected chi connectivity index (χ0v) is 11.4. The number of likely N-dealkylation sites (N-methyl/N-ethyl adjacent to an activating group) is 1. The lowest BCUT2D eigenvalue weighted by Crippen LogP contribution is -2.44. The van der Waals surface area contributed by atoms with Gasteiger partial charge >= 0.3 is 0 Å². The molecule has 0 aliphatic heterocycles. The van der Waals surface area contributed by atoms with Gasteiger partial charge in [-0.3, -0.25) is 0 Å². The average molecular weight is 265 g/mol. The van der Waals surface area contributed by atoms with Gasteiger partial charge in [0.05, 0.1) is 6.61 Å². The third-order valence-electron chi connectivity index (χ3n) is 4.04. The molecular formula is C15H23NO3. The maximum atomic E-state index is 9.49. The number of hydrogen-bond acceptors (Lipinski definition) is 4. The summed E-state index contributed by atoms with van der Waals surface area (Å²) in [5.74, 6) is 0.853. The van der Waals surface area contributed by atoms with Crippen molar-refractivity contribution in [3.8, 4) is 5.75 Å². The average Bonchev–Trinajstić information content (AvgIpc) is 2.85. The molecule has 4 heteroatoms. The van der Waals surface area contributed by atoms with Gasteiger partial charge in [0.25, 0.3) is 0 Å². The largest absolute Gasteiger partial charge is 0.490 e. The van der Waals surface area contributed by atoms with E-state index in [1.807, 2.05) is 31.3 Å². The predicted octanol–water partition coefficient (Wildman–Crippen LogP) is 1.10. The molecular weight excluding hydrogens is 242 g/mol. The summed E-state index contributed by atoms with van der Waals surface area (Å²) >= 11 is 0. The molecule has 1 aliphatic rings. The van der Waals surface area contributed by atoms with Crippen LogP contribution in [0.25, 0.3) is 0 Å². The Balaban J connectivity index is 2.03. The van der Waals surface area contributed by atoms with Gasteiger partial charge in [-0.15, -0.1) is 0 Å². The van der Waals surface area contributed by atoms with Crippen LogP contribution >= 0.6 is 0 Å². The first-order chi connectivity index (χ1) is 9.23. The highest BCUT2D eigenvalue weighted by molar-refractivity contribution is 5.33. The van der Waals surface area contributed by atoms with Crippen molar-refractivity contribution in [2.24, 2.45) is 0 Å². The fourth-order valence-electron chi connectivity index (χ4n) is 2.75. The summed E-state index contributed by atoms with van der Waals surface area (Å²) in [5.41, 5.74) is 0.840. The summed E-state index contributed by atoms with van der Waals surface area (Å²) in [6, 6.07) is 7.84. The van der Waals surface area contributed by atoms with E-state index in [1.165, 1.54) is 0 Å². The first-order valence-corrected chi connectivity index (χ1v) is 6.88. The van der Waals surface area contributed by atoms with E-state index in [1.54, 1.807) is 0 Å². The molecule has 2 atom stereocenters. The second kappa shape index (κ2) is 6.37. The number of nitrogens with one attached hydrogen (secondary N) is 1. The molecule has 0 heterocycles. The third kappa shape index (κ3) is 3.26. The van der Waals surface area contributed by atoms with Crippen LogP contribution in [-0.2, 0) is 6.42 Å². The fourth-order valence-corrected chi connectivity index (χ4v) is 2.75. The van der Waals surface area contributed by atoms with E-state index in [9.17, 15) is 5.11 Å². The normalized spacial score (nSPS) is 26.6. The molecule has 1 aromatic rings. The Morgan fingerprint density at radius 1 is 1.37 bits per heavy atom. The summed E-state index contributed by atoms with van der Waals surface area (Å²) in [4.78, 5) is 0. The zero-order chi connectivity index (χ0) is 13.7. The number of hydrogen-bond donors (Lipinski definition) is 3. The van der Waals surface area contributed by atoms with Crippen molar-refractivity contribution in [2.45, 2.75) is 37.3 Å². The van der Waals surface area contributed by atoms with Gasteiger partial charge in [-0.05, 0) is 37.9 Å². The second-order valence-electron chi connectivity index (χ2n) is 5.25. The molecule has 3 N–H and O–H groups in total. The van der Waals surface area contributed by atoms with Crippen LogP contribution in [0.3, 0.4) is 0 Å². The zero-order valence-electron chi connectivity index (χ0n) is 11.4. The number of ether oxygens (including phenoxy) is 1. The van der Waals surface area contributed by atoms with Crippen LogP contribution in [0.5, 0.6) is 5.75 Å². The Hall–Kier alpha value is -1.10. The Morgan fingerprint density at radius 2 is 2.16 bits per heavy atom. The van der Waals surface area contributed by atoms with Crippen LogP contribution in [0, 0.1) is 0 Å².